The number of likely N-dealkylation sites (tertiary alicyclic amines) is 1. The summed E-state index contributed by atoms with van der Waals surface area (Å²) in [4.78, 5) is 2.18. The fourth-order valence-corrected chi connectivity index (χ4v) is 4.84. The van der Waals surface area contributed by atoms with Gasteiger partial charge in [-0.1, -0.05) is 35.9 Å². The van der Waals surface area contributed by atoms with E-state index in [4.69, 9.17) is 21.1 Å². The molecule has 1 saturated heterocycles. The van der Waals surface area contributed by atoms with Crippen molar-refractivity contribution in [3.63, 3.8) is 0 Å². The molecule has 0 saturated carbocycles. The zero-order chi connectivity index (χ0) is 24.5. The summed E-state index contributed by atoms with van der Waals surface area (Å²) in [7, 11) is 0. The van der Waals surface area contributed by atoms with Crippen LogP contribution in [-0.2, 0) is 0 Å². The lowest BCUT2D eigenvalue weighted by molar-refractivity contribution is 0.0668. The minimum Gasteiger partial charge on any atom is -0.506 e. The smallest absolute Gasteiger partial charge is 0.150 e. The number of rotatable bonds is 7. The first-order valence-corrected chi connectivity index (χ1v) is 12.0. The number of hydrogen-bond acceptors (Lipinski definition) is 4. The van der Waals surface area contributed by atoms with Gasteiger partial charge in [0.2, 0.25) is 0 Å². The van der Waals surface area contributed by atoms with E-state index in [1.165, 1.54) is 12.1 Å². The summed E-state index contributed by atoms with van der Waals surface area (Å²) in [6.07, 6.45) is -0.457. The molecule has 7 heteroatoms. The van der Waals surface area contributed by atoms with E-state index in [0.29, 0.717) is 12.4 Å². The van der Waals surface area contributed by atoms with Crippen molar-refractivity contribution in [2.45, 2.75) is 13.0 Å². The van der Waals surface area contributed by atoms with Gasteiger partial charge >= 0.3 is 0 Å². The van der Waals surface area contributed by atoms with E-state index in [0.717, 1.165) is 53.2 Å². The Morgan fingerprint density at radius 1 is 1.09 bits per heavy atom. The molecule has 0 amide bonds. The van der Waals surface area contributed by atoms with Crippen LogP contribution in [0.1, 0.15) is 29.7 Å². The van der Waals surface area contributed by atoms with E-state index in [9.17, 15) is 13.9 Å². The molecule has 0 spiro atoms. The zero-order valence-corrected chi connectivity index (χ0v) is 20.1. The van der Waals surface area contributed by atoms with E-state index in [1.807, 2.05) is 31.2 Å². The predicted octanol–water partition coefficient (Wildman–Crippen LogP) is 6.53. The highest BCUT2D eigenvalue weighted by atomic mass is 35.5. The summed E-state index contributed by atoms with van der Waals surface area (Å²) in [5.74, 6) is 1.14. The molecule has 0 aromatic heterocycles. The summed E-state index contributed by atoms with van der Waals surface area (Å²) in [5, 5.41) is 10.4. The highest BCUT2D eigenvalue weighted by Crippen LogP contribution is 2.48. The SMILES string of the molecule is CC1=C(c2ccc(F)cc2)[C@H](c2ccc(OCCN3CC(CF)C3)cc2)Oc2cc(Cl)c(O)cc21. The van der Waals surface area contributed by atoms with E-state index < -0.39 is 6.10 Å². The van der Waals surface area contributed by atoms with Crippen LogP contribution in [-0.4, -0.2) is 42.9 Å². The molecule has 1 atom stereocenters. The van der Waals surface area contributed by atoms with Crippen molar-refractivity contribution in [1.82, 2.24) is 4.90 Å². The first-order valence-electron chi connectivity index (χ1n) is 11.6. The van der Waals surface area contributed by atoms with E-state index in [-0.39, 0.29) is 29.2 Å². The van der Waals surface area contributed by atoms with Crippen molar-refractivity contribution >= 4 is 22.7 Å². The van der Waals surface area contributed by atoms with Crippen LogP contribution >= 0.6 is 11.6 Å². The molecule has 2 aliphatic rings. The Labute approximate surface area is 208 Å². The van der Waals surface area contributed by atoms with E-state index >= 15 is 0 Å². The lowest BCUT2D eigenvalue weighted by Crippen LogP contribution is -2.49. The molecule has 182 valence electrons. The molecule has 4 nitrogen and oxygen atoms in total. The summed E-state index contributed by atoms with van der Waals surface area (Å²) in [6, 6.07) is 17.2. The fourth-order valence-electron chi connectivity index (χ4n) is 4.68. The lowest BCUT2D eigenvalue weighted by atomic mass is 9.86. The first-order chi connectivity index (χ1) is 16.9. The second-order valence-electron chi connectivity index (χ2n) is 9.04. The monoisotopic (exact) mass is 497 g/mol. The largest absolute Gasteiger partial charge is 0.506 e. The minimum absolute atomic E-state index is 0.0229. The van der Waals surface area contributed by atoms with Gasteiger partial charge in [-0.15, -0.1) is 0 Å². The summed E-state index contributed by atoms with van der Waals surface area (Å²) >= 11 is 6.15. The van der Waals surface area contributed by atoms with E-state index in [1.54, 1.807) is 24.3 Å². The van der Waals surface area contributed by atoms with Crippen LogP contribution in [0, 0.1) is 11.7 Å². The van der Waals surface area contributed by atoms with Crippen molar-refractivity contribution in [3.8, 4) is 17.2 Å². The molecule has 0 unspecified atom stereocenters. The van der Waals surface area contributed by atoms with Crippen LogP contribution in [0.5, 0.6) is 17.2 Å². The number of phenols is 1. The van der Waals surface area contributed by atoms with Crippen molar-refractivity contribution in [3.05, 3.63) is 88.2 Å². The standard InChI is InChI=1S/C28H26ClF2NO3/c1-17-23-12-25(33)24(29)13-26(23)35-28(27(17)19-2-6-21(31)7-3-19)20-4-8-22(9-5-20)34-11-10-32-15-18(14-30)16-32/h2-9,12-13,18,28,33H,10-11,14-16H2,1H3/t28-/m0/s1. The van der Waals surface area contributed by atoms with Gasteiger partial charge < -0.3 is 14.6 Å². The summed E-state index contributed by atoms with van der Waals surface area (Å²) in [6.45, 7) is 4.59. The summed E-state index contributed by atoms with van der Waals surface area (Å²) in [5.41, 5.74) is 4.27. The van der Waals surface area contributed by atoms with Crippen LogP contribution in [0.4, 0.5) is 8.78 Å². The summed E-state index contributed by atoms with van der Waals surface area (Å²) < 4.78 is 38.5. The molecule has 2 aliphatic heterocycles. The Balaban J connectivity index is 1.39. The molecule has 1 N–H and O–H groups in total. The zero-order valence-electron chi connectivity index (χ0n) is 19.3. The van der Waals surface area contributed by atoms with Gasteiger partial charge in [-0.3, -0.25) is 9.29 Å². The third kappa shape index (κ3) is 4.86. The molecule has 0 radical (unpaired) electrons. The highest BCUT2D eigenvalue weighted by Gasteiger charge is 2.30. The molecular weight excluding hydrogens is 472 g/mol. The van der Waals surface area contributed by atoms with Crippen LogP contribution in [0.25, 0.3) is 11.1 Å². The van der Waals surface area contributed by atoms with Gasteiger partial charge in [0.1, 0.15) is 35.8 Å². The second kappa shape index (κ2) is 9.88. The van der Waals surface area contributed by atoms with Crippen LogP contribution in [0.2, 0.25) is 5.02 Å². The Hall–Kier alpha value is -3.09. The number of aromatic hydroxyl groups is 1. The molecule has 2 heterocycles. The molecule has 1 fully saturated rings. The molecule has 5 rings (SSSR count). The van der Waals surface area contributed by atoms with Crippen molar-refractivity contribution in [1.29, 1.82) is 0 Å². The normalized spacial score (nSPS) is 18.1. The maximum Gasteiger partial charge on any atom is 0.150 e. The predicted molar refractivity (Wildman–Crippen MR) is 133 cm³/mol. The third-order valence-electron chi connectivity index (χ3n) is 6.63. The quantitative estimate of drug-likeness (QED) is 0.403. The molecule has 0 aliphatic carbocycles. The highest BCUT2D eigenvalue weighted by molar-refractivity contribution is 6.32. The van der Waals surface area contributed by atoms with Gasteiger partial charge in [0, 0.05) is 42.8 Å². The molecular formula is C28H26ClF2NO3. The van der Waals surface area contributed by atoms with Crippen LogP contribution in [0.3, 0.4) is 0 Å². The maximum atomic E-state index is 13.6. The van der Waals surface area contributed by atoms with Crippen LogP contribution < -0.4 is 9.47 Å². The number of hydrogen-bond donors (Lipinski definition) is 1. The number of ether oxygens (including phenoxy) is 2. The average molecular weight is 498 g/mol. The van der Waals surface area contributed by atoms with Gasteiger partial charge in [0.15, 0.2) is 0 Å². The second-order valence-corrected chi connectivity index (χ2v) is 9.45. The Kier molecular flexibility index (Phi) is 6.67. The van der Waals surface area contributed by atoms with Gasteiger partial charge in [0.25, 0.3) is 0 Å². The molecule has 35 heavy (non-hydrogen) atoms. The van der Waals surface area contributed by atoms with Gasteiger partial charge in [-0.2, -0.15) is 0 Å². The van der Waals surface area contributed by atoms with Crippen molar-refractivity contribution in [2.24, 2.45) is 5.92 Å². The molecule has 3 aromatic rings. The first kappa shape index (κ1) is 23.6. The number of nitrogens with zero attached hydrogens (tertiary/aromatic N) is 1. The van der Waals surface area contributed by atoms with Gasteiger partial charge in [-0.05, 0) is 54.0 Å². The fraction of sp³-hybridized carbons (Fsp3) is 0.286. The maximum absolute atomic E-state index is 13.6. The molecule has 3 aromatic carbocycles. The van der Waals surface area contributed by atoms with Gasteiger partial charge in [-0.25, -0.2) is 4.39 Å². The number of benzene rings is 3. The topological polar surface area (TPSA) is 41.9 Å². The lowest BCUT2D eigenvalue weighted by Gasteiger charge is -2.37. The number of halogens is 3. The minimum atomic E-state index is -0.457. The van der Waals surface area contributed by atoms with Crippen molar-refractivity contribution < 1.29 is 23.4 Å². The Bertz CT molecular complexity index is 1240. The number of allylic oxidation sites excluding steroid dienone is 1. The van der Waals surface area contributed by atoms with Crippen molar-refractivity contribution in [2.75, 3.05) is 32.9 Å². The third-order valence-corrected chi connectivity index (χ3v) is 6.93. The Morgan fingerprint density at radius 3 is 2.49 bits per heavy atom. The number of fused-ring (bicyclic) bond motifs is 1. The molecule has 0 bridgehead atoms. The number of phenolic OH excluding ortho intramolecular Hbond substituents is 1. The van der Waals surface area contributed by atoms with E-state index in [2.05, 4.69) is 4.90 Å². The average Bonchev–Trinajstić information content (AvgIpc) is 2.83. The number of alkyl halides is 1. The van der Waals surface area contributed by atoms with Crippen LogP contribution in [0.15, 0.2) is 60.7 Å². The van der Waals surface area contributed by atoms with Gasteiger partial charge in [0.05, 0.1) is 11.7 Å². The Morgan fingerprint density at radius 2 is 1.80 bits per heavy atom.